The maximum atomic E-state index is 15.7. The van der Waals surface area contributed by atoms with Gasteiger partial charge in [-0.05, 0) is 43.7 Å². The minimum absolute atomic E-state index is 0.228. The highest BCUT2D eigenvalue weighted by Gasteiger charge is 2.36. The summed E-state index contributed by atoms with van der Waals surface area (Å²) in [5.41, 5.74) is -3.49. The minimum atomic E-state index is -3.91. The van der Waals surface area contributed by atoms with Gasteiger partial charge in [-0.25, -0.2) is 49.1 Å². The Bertz CT molecular complexity index is 1620. The zero-order valence-electron chi connectivity index (χ0n) is 29.2. The van der Waals surface area contributed by atoms with Gasteiger partial charge >= 0.3 is 0 Å². The van der Waals surface area contributed by atoms with Gasteiger partial charge in [0.15, 0.2) is 34.9 Å². The Morgan fingerprint density at radius 2 is 0.771 bits per heavy atom. The molecule has 0 aliphatic heterocycles. The molecule has 1 unspecified atom stereocenters. The van der Waals surface area contributed by atoms with Crippen molar-refractivity contribution in [2.45, 2.75) is 99.3 Å². The number of allylic oxidation sites excluding steroid dienone is 1. The molecule has 3 rings (SSSR count). The summed E-state index contributed by atoms with van der Waals surface area (Å²) in [4.78, 5) is 0. The molecule has 0 saturated heterocycles. The average Bonchev–Trinajstić information content (AvgIpc) is 2.93. The second-order valence-electron chi connectivity index (χ2n) is 16.5. The molecule has 0 radical (unpaired) electrons. The Morgan fingerprint density at radius 3 is 1.02 bits per heavy atom. The number of benzene rings is 3. The lowest BCUT2D eigenvalue weighted by atomic mass is 9.39. The molecule has 48 heavy (non-hydrogen) atoms. The lowest BCUT2D eigenvalue weighted by Crippen LogP contribution is -2.52. The molecule has 0 spiro atoms. The van der Waals surface area contributed by atoms with E-state index in [0.717, 1.165) is 16.7 Å². The predicted octanol–water partition coefficient (Wildman–Crippen LogP) is 9.78. The Hall–Kier alpha value is -2.81. The van der Waals surface area contributed by atoms with Gasteiger partial charge in [-0.1, -0.05) is 95.2 Å². The molecule has 0 saturated carbocycles. The third-order valence-electron chi connectivity index (χ3n) is 8.20. The fraction of sp³-hybridized carbons (Fsp3) is 0.444. The molecule has 3 aromatic rings. The molecule has 0 fully saturated rings. The largest absolute Gasteiger partial charge is 0.207 e. The van der Waals surface area contributed by atoms with Gasteiger partial charge in [-0.2, -0.15) is 0 Å². The van der Waals surface area contributed by atoms with Crippen molar-refractivity contribution in [1.82, 2.24) is 0 Å². The first kappa shape index (κ1) is 39.6. The normalized spacial score (nSPS) is 13.9. The van der Waals surface area contributed by atoms with E-state index in [1.165, 1.54) is 6.08 Å². The second-order valence-corrected chi connectivity index (χ2v) is 17.9. The number of halogens is 10. The number of hydrogen-bond acceptors (Lipinski definition) is 0. The molecule has 1 atom stereocenters. The lowest BCUT2D eigenvalue weighted by molar-refractivity contribution is 0.382. The summed E-state index contributed by atoms with van der Waals surface area (Å²) in [6, 6.07) is 3.88. The van der Waals surface area contributed by atoms with E-state index in [1.807, 2.05) is 74.4 Å². The summed E-state index contributed by atoms with van der Waals surface area (Å²) in [6.45, 7) is 18.4. The minimum Gasteiger partial charge on any atom is -0.207 e. The first-order valence-corrected chi connectivity index (χ1v) is 16.4. The van der Waals surface area contributed by atoms with Crippen LogP contribution in [0.4, 0.5) is 43.9 Å². The summed E-state index contributed by atoms with van der Waals surface area (Å²) < 4.78 is 150. The van der Waals surface area contributed by atoms with Crippen LogP contribution in [-0.4, -0.2) is 6.71 Å². The SMILES string of the molecule is CC(C)(C)/C=C(\Pc1c(C(C)(C)C)cc(C(C)(C)C)cc1C(C)(C)C)[BH-](c1c(F)c(F)c(F)c(F)c1F)c1c(F)c(F)c(F)c(F)c1F. The Kier molecular flexibility index (Phi) is 10.9. The van der Waals surface area contributed by atoms with Crippen molar-refractivity contribution in [2.75, 3.05) is 0 Å². The van der Waals surface area contributed by atoms with E-state index in [1.54, 1.807) is 20.8 Å². The van der Waals surface area contributed by atoms with Gasteiger partial charge in [0, 0.05) is 0 Å². The van der Waals surface area contributed by atoms with Crippen LogP contribution in [0.2, 0.25) is 0 Å². The fourth-order valence-corrected chi connectivity index (χ4v) is 8.30. The lowest BCUT2D eigenvalue weighted by Gasteiger charge is -2.38. The van der Waals surface area contributed by atoms with E-state index in [9.17, 15) is 26.3 Å². The molecule has 0 aliphatic carbocycles. The highest BCUT2D eigenvalue weighted by atomic mass is 31.1. The predicted molar refractivity (Wildman–Crippen MR) is 177 cm³/mol. The molecular formula is C36H41BF10P-. The van der Waals surface area contributed by atoms with Crippen LogP contribution in [0.3, 0.4) is 0 Å². The molecule has 0 nitrogen and oxygen atoms in total. The summed E-state index contributed by atoms with van der Waals surface area (Å²) >= 11 is 0. The summed E-state index contributed by atoms with van der Waals surface area (Å²) in [6.07, 6.45) is 1.36. The molecule has 3 aromatic carbocycles. The van der Waals surface area contributed by atoms with Crippen LogP contribution in [-0.2, 0) is 16.2 Å². The van der Waals surface area contributed by atoms with Crippen molar-refractivity contribution in [2.24, 2.45) is 5.41 Å². The Labute approximate surface area is 278 Å². The quantitative estimate of drug-likeness (QED) is 0.0816. The summed E-state index contributed by atoms with van der Waals surface area (Å²) in [7, 11) is -0.754. The van der Waals surface area contributed by atoms with E-state index in [0.29, 0.717) is 5.30 Å². The van der Waals surface area contributed by atoms with Gasteiger partial charge in [-0.15, -0.1) is 25.6 Å². The summed E-state index contributed by atoms with van der Waals surface area (Å²) in [5.74, 6) is -24.4. The standard InChI is InChI=1S/C36H41BF10P/c1-33(2,3)15-19(48-32-17(35(7,8)9)13-16(34(4,5)6)14-18(32)36(10,11)12)37(20-22(38)26(42)30(46)27(43)23(20)39)21-24(40)28(44)31(47)29(45)25(21)41/h13-15,37,48H,1-12H3/q-1/b19-15-. The third kappa shape index (κ3) is 7.66. The molecule has 264 valence electrons. The highest BCUT2D eigenvalue weighted by molar-refractivity contribution is 7.56. The van der Waals surface area contributed by atoms with E-state index in [-0.39, 0.29) is 10.6 Å². The molecule has 0 aliphatic rings. The van der Waals surface area contributed by atoms with Gasteiger partial charge in [0.2, 0.25) is 0 Å². The highest BCUT2D eigenvalue weighted by Crippen LogP contribution is 2.41. The van der Waals surface area contributed by atoms with Crippen LogP contribution < -0.4 is 16.2 Å². The third-order valence-corrected chi connectivity index (χ3v) is 9.81. The van der Waals surface area contributed by atoms with Crippen molar-refractivity contribution in [3.8, 4) is 0 Å². The number of hydrogen-bond donors (Lipinski definition) is 0. The monoisotopic (exact) mass is 705 g/mol. The van der Waals surface area contributed by atoms with E-state index >= 15 is 17.6 Å². The molecule has 0 heterocycles. The first-order chi connectivity index (χ1) is 21.5. The van der Waals surface area contributed by atoms with Crippen LogP contribution in [0.1, 0.15) is 99.8 Å². The van der Waals surface area contributed by atoms with Gasteiger partial charge in [-0.3, -0.25) is 0 Å². The summed E-state index contributed by atoms with van der Waals surface area (Å²) in [5, 5.41) is 0.331. The zero-order valence-corrected chi connectivity index (χ0v) is 30.2. The number of rotatable bonds is 5. The topological polar surface area (TPSA) is 0 Å². The maximum absolute atomic E-state index is 15.7. The van der Waals surface area contributed by atoms with Crippen molar-refractivity contribution >= 4 is 31.5 Å². The van der Waals surface area contributed by atoms with E-state index in [2.05, 4.69) is 0 Å². The van der Waals surface area contributed by atoms with E-state index in [4.69, 9.17) is 0 Å². The molecular weight excluding hydrogens is 664 g/mol. The van der Waals surface area contributed by atoms with Gasteiger partial charge < -0.3 is 0 Å². The van der Waals surface area contributed by atoms with Crippen molar-refractivity contribution in [3.63, 3.8) is 0 Å². The van der Waals surface area contributed by atoms with Crippen molar-refractivity contribution < 1.29 is 43.9 Å². The molecule has 0 N–H and O–H groups in total. The van der Waals surface area contributed by atoms with Gasteiger partial charge in [0.25, 0.3) is 0 Å². The molecule has 0 amide bonds. The Balaban J connectivity index is 2.69. The van der Waals surface area contributed by atoms with Crippen molar-refractivity contribution in [3.05, 3.63) is 98.3 Å². The van der Waals surface area contributed by atoms with Crippen LogP contribution in [0, 0.1) is 63.6 Å². The van der Waals surface area contributed by atoms with Crippen LogP contribution in [0.15, 0.2) is 23.4 Å². The maximum Gasteiger partial charge on any atom is 0.200 e. The second kappa shape index (κ2) is 13.1. The van der Waals surface area contributed by atoms with Crippen molar-refractivity contribution in [1.29, 1.82) is 0 Å². The molecule has 0 aromatic heterocycles. The molecule has 12 heteroatoms. The van der Waals surface area contributed by atoms with Crippen LogP contribution in [0.25, 0.3) is 0 Å². The average molecular weight is 705 g/mol. The van der Waals surface area contributed by atoms with Gasteiger partial charge in [0.05, 0.1) is 6.71 Å². The van der Waals surface area contributed by atoms with Gasteiger partial charge in [0.1, 0.15) is 23.3 Å². The fourth-order valence-electron chi connectivity index (χ4n) is 5.78. The molecule has 0 bridgehead atoms. The van der Waals surface area contributed by atoms with Crippen LogP contribution >= 0.6 is 8.58 Å². The first-order valence-electron chi connectivity index (χ1n) is 15.4. The Morgan fingerprint density at radius 1 is 0.479 bits per heavy atom. The van der Waals surface area contributed by atoms with E-state index < -0.39 is 101 Å². The zero-order chi connectivity index (χ0) is 37.2. The van der Waals surface area contributed by atoms with Crippen LogP contribution in [0.5, 0.6) is 0 Å². The smallest absolute Gasteiger partial charge is 0.200 e.